The molecule has 25 heavy (non-hydrogen) atoms. The monoisotopic (exact) mass is 359 g/mol. The molecule has 0 saturated carbocycles. The van der Waals surface area contributed by atoms with Crippen LogP contribution in [0.2, 0.25) is 0 Å². The molecule has 2 aromatic heterocycles. The van der Waals surface area contributed by atoms with Crippen LogP contribution in [0.3, 0.4) is 0 Å². The quantitative estimate of drug-likeness (QED) is 0.719. The van der Waals surface area contributed by atoms with Crippen LogP contribution in [-0.2, 0) is 6.54 Å². The third kappa shape index (κ3) is 3.26. The van der Waals surface area contributed by atoms with Crippen molar-refractivity contribution in [2.75, 3.05) is 18.0 Å². The molecule has 0 unspecified atom stereocenters. The molecule has 6 nitrogen and oxygen atoms in total. The van der Waals surface area contributed by atoms with Gasteiger partial charge in [0.1, 0.15) is 10.8 Å². The molecular formula is C17H18FN5OS. The van der Waals surface area contributed by atoms with E-state index in [0.29, 0.717) is 23.4 Å². The number of aromatic nitrogens is 4. The first kappa shape index (κ1) is 16.1. The second-order valence-electron chi connectivity index (χ2n) is 6.40. The van der Waals surface area contributed by atoms with Crippen molar-refractivity contribution in [2.24, 2.45) is 5.92 Å². The zero-order valence-corrected chi connectivity index (χ0v) is 14.7. The van der Waals surface area contributed by atoms with Crippen LogP contribution in [0, 0.1) is 18.7 Å². The van der Waals surface area contributed by atoms with E-state index in [4.69, 9.17) is 0 Å². The van der Waals surface area contributed by atoms with Gasteiger partial charge in [-0.25, -0.2) is 9.37 Å². The van der Waals surface area contributed by atoms with Crippen LogP contribution in [-0.4, -0.2) is 32.8 Å². The summed E-state index contributed by atoms with van der Waals surface area (Å²) in [6.07, 6.45) is 3.52. The van der Waals surface area contributed by atoms with E-state index in [-0.39, 0.29) is 11.4 Å². The van der Waals surface area contributed by atoms with Gasteiger partial charge < -0.3 is 4.90 Å². The van der Waals surface area contributed by atoms with E-state index in [0.717, 1.165) is 36.1 Å². The topological polar surface area (TPSA) is 63.9 Å². The van der Waals surface area contributed by atoms with Crippen LogP contribution < -0.4 is 10.5 Å². The first-order valence-electron chi connectivity index (χ1n) is 8.30. The third-order valence-corrected chi connectivity index (χ3v) is 5.54. The van der Waals surface area contributed by atoms with Crippen molar-refractivity contribution < 1.29 is 4.39 Å². The van der Waals surface area contributed by atoms with Crippen molar-refractivity contribution in [1.29, 1.82) is 0 Å². The number of benzene rings is 1. The molecule has 0 atom stereocenters. The van der Waals surface area contributed by atoms with Crippen molar-refractivity contribution in [3.05, 3.63) is 45.7 Å². The number of hydrogen-bond donors (Lipinski definition) is 0. The Bertz CT molecular complexity index is 961. The minimum atomic E-state index is -0.378. The van der Waals surface area contributed by atoms with Crippen molar-refractivity contribution >= 4 is 27.4 Å². The lowest BCUT2D eigenvalue weighted by Crippen LogP contribution is -2.36. The van der Waals surface area contributed by atoms with Crippen LogP contribution in [0.5, 0.6) is 0 Å². The molecule has 0 N–H and O–H groups in total. The van der Waals surface area contributed by atoms with Gasteiger partial charge in [0, 0.05) is 25.7 Å². The fraction of sp³-hybridized carbons (Fsp3) is 0.412. The summed E-state index contributed by atoms with van der Waals surface area (Å²) in [6, 6.07) is 4.11. The Balaban J connectivity index is 1.46. The van der Waals surface area contributed by atoms with Gasteiger partial charge in [-0.05, 0) is 37.8 Å². The number of halogens is 1. The van der Waals surface area contributed by atoms with Crippen molar-refractivity contribution in [3.8, 4) is 0 Å². The van der Waals surface area contributed by atoms with E-state index in [1.54, 1.807) is 15.9 Å². The molecule has 1 saturated heterocycles. The van der Waals surface area contributed by atoms with E-state index < -0.39 is 0 Å². The van der Waals surface area contributed by atoms with E-state index in [1.165, 1.54) is 24.5 Å². The minimum absolute atomic E-state index is 0.104. The molecule has 1 aliphatic rings. The summed E-state index contributed by atoms with van der Waals surface area (Å²) in [7, 11) is 0. The molecule has 0 amide bonds. The number of hydrogen-bond acceptors (Lipinski definition) is 6. The van der Waals surface area contributed by atoms with E-state index in [9.17, 15) is 9.18 Å². The molecule has 4 rings (SSSR count). The molecule has 1 aliphatic heterocycles. The SMILES string of the molecule is Cc1nnc(N2CCC(Cn3cnc4cc(F)ccc4c3=O)CC2)s1. The van der Waals surface area contributed by atoms with Gasteiger partial charge >= 0.3 is 0 Å². The highest BCUT2D eigenvalue weighted by Gasteiger charge is 2.22. The average Bonchev–Trinajstić information content (AvgIpc) is 3.04. The first-order chi connectivity index (χ1) is 12.1. The number of fused-ring (bicyclic) bond motifs is 1. The van der Waals surface area contributed by atoms with Crippen molar-refractivity contribution in [2.45, 2.75) is 26.3 Å². The zero-order valence-electron chi connectivity index (χ0n) is 13.9. The largest absolute Gasteiger partial charge is 0.347 e. The molecule has 3 aromatic rings. The van der Waals surface area contributed by atoms with Crippen LogP contribution in [0.4, 0.5) is 9.52 Å². The highest BCUT2D eigenvalue weighted by atomic mass is 32.1. The summed E-state index contributed by atoms with van der Waals surface area (Å²) in [5.74, 6) is 0.0408. The molecule has 1 aromatic carbocycles. The van der Waals surface area contributed by atoms with E-state index in [1.807, 2.05) is 6.92 Å². The lowest BCUT2D eigenvalue weighted by molar-refractivity contribution is 0.351. The number of nitrogens with zero attached hydrogens (tertiary/aromatic N) is 5. The van der Waals surface area contributed by atoms with Crippen molar-refractivity contribution in [1.82, 2.24) is 19.7 Å². The van der Waals surface area contributed by atoms with Gasteiger partial charge in [-0.1, -0.05) is 11.3 Å². The molecule has 0 radical (unpaired) electrons. The second kappa shape index (κ2) is 6.51. The van der Waals surface area contributed by atoms with E-state index in [2.05, 4.69) is 20.1 Å². The summed E-state index contributed by atoms with van der Waals surface area (Å²) in [6.45, 7) is 4.43. The summed E-state index contributed by atoms with van der Waals surface area (Å²) < 4.78 is 14.9. The summed E-state index contributed by atoms with van der Waals surface area (Å²) in [4.78, 5) is 19.1. The summed E-state index contributed by atoms with van der Waals surface area (Å²) in [5.41, 5.74) is 0.301. The predicted octanol–water partition coefficient (Wildman–Crippen LogP) is 2.61. The molecule has 0 bridgehead atoms. The Morgan fingerprint density at radius 1 is 1.28 bits per heavy atom. The Hall–Kier alpha value is -2.35. The maximum absolute atomic E-state index is 13.3. The molecule has 8 heteroatoms. The Morgan fingerprint density at radius 2 is 2.08 bits per heavy atom. The Morgan fingerprint density at radius 3 is 2.80 bits per heavy atom. The van der Waals surface area contributed by atoms with Gasteiger partial charge in [0.25, 0.3) is 5.56 Å². The molecular weight excluding hydrogens is 341 g/mol. The maximum Gasteiger partial charge on any atom is 0.261 e. The Kier molecular flexibility index (Phi) is 4.20. The summed E-state index contributed by atoms with van der Waals surface area (Å²) >= 11 is 1.61. The predicted molar refractivity (Wildman–Crippen MR) is 95.5 cm³/mol. The molecule has 1 fully saturated rings. The lowest BCUT2D eigenvalue weighted by Gasteiger charge is -2.31. The number of piperidine rings is 1. The fourth-order valence-corrected chi connectivity index (χ4v) is 4.00. The van der Waals surface area contributed by atoms with Crippen LogP contribution in [0.1, 0.15) is 17.8 Å². The Labute approximate surface area is 148 Å². The summed E-state index contributed by atoms with van der Waals surface area (Å²) in [5, 5.41) is 10.7. The lowest BCUT2D eigenvalue weighted by atomic mass is 9.97. The van der Waals surface area contributed by atoms with Gasteiger partial charge in [0.05, 0.1) is 17.2 Å². The first-order valence-corrected chi connectivity index (χ1v) is 9.11. The van der Waals surface area contributed by atoms with Gasteiger partial charge in [-0.2, -0.15) is 0 Å². The average molecular weight is 359 g/mol. The number of anilines is 1. The second-order valence-corrected chi connectivity index (χ2v) is 7.56. The van der Waals surface area contributed by atoms with Gasteiger partial charge in [0.2, 0.25) is 5.13 Å². The fourth-order valence-electron chi connectivity index (χ4n) is 3.26. The molecule has 130 valence electrons. The normalized spacial score (nSPS) is 15.8. The number of aryl methyl sites for hydroxylation is 1. The van der Waals surface area contributed by atoms with Crippen LogP contribution in [0.15, 0.2) is 29.3 Å². The van der Waals surface area contributed by atoms with E-state index >= 15 is 0 Å². The highest BCUT2D eigenvalue weighted by molar-refractivity contribution is 7.15. The zero-order chi connectivity index (χ0) is 17.4. The van der Waals surface area contributed by atoms with Gasteiger partial charge in [-0.15, -0.1) is 10.2 Å². The number of rotatable bonds is 3. The van der Waals surface area contributed by atoms with Crippen LogP contribution >= 0.6 is 11.3 Å². The molecule has 3 heterocycles. The minimum Gasteiger partial charge on any atom is -0.347 e. The van der Waals surface area contributed by atoms with Crippen molar-refractivity contribution in [3.63, 3.8) is 0 Å². The van der Waals surface area contributed by atoms with Crippen LogP contribution in [0.25, 0.3) is 10.9 Å². The maximum atomic E-state index is 13.3. The third-order valence-electron chi connectivity index (χ3n) is 4.64. The smallest absolute Gasteiger partial charge is 0.261 e. The standard InChI is InChI=1S/C17H18FN5OS/c1-11-20-21-17(25-11)22-6-4-12(5-7-22)9-23-10-19-15-8-13(18)2-3-14(15)16(23)24/h2-3,8,10,12H,4-7,9H2,1H3. The molecule has 0 aliphatic carbocycles. The van der Waals surface area contributed by atoms with Gasteiger partial charge in [0.15, 0.2) is 0 Å². The highest BCUT2D eigenvalue weighted by Crippen LogP contribution is 2.26. The van der Waals surface area contributed by atoms with Gasteiger partial charge in [-0.3, -0.25) is 9.36 Å². The molecule has 0 spiro atoms.